The van der Waals surface area contributed by atoms with E-state index in [4.69, 9.17) is 0 Å². The van der Waals surface area contributed by atoms with Crippen molar-refractivity contribution in [2.75, 3.05) is 5.32 Å². The highest BCUT2D eigenvalue weighted by atomic mass is 16.2. The van der Waals surface area contributed by atoms with Crippen molar-refractivity contribution in [3.8, 4) is 0 Å². The molecular formula is C24H27N5O2. The molecule has 3 atom stereocenters. The number of Topliss-reactive ketones (excluding diaryl/α,β-unsaturated/α-hetero) is 1. The second kappa shape index (κ2) is 9.22. The second-order valence-corrected chi connectivity index (χ2v) is 8.11. The number of H-pyrrole nitrogens is 1. The van der Waals surface area contributed by atoms with Gasteiger partial charge in [0.15, 0.2) is 11.6 Å². The van der Waals surface area contributed by atoms with Crippen molar-refractivity contribution in [3.63, 3.8) is 0 Å². The maximum Gasteiger partial charge on any atom is 0.234 e. The molecule has 0 spiro atoms. The van der Waals surface area contributed by atoms with Crippen molar-refractivity contribution in [2.24, 2.45) is 0 Å². The summed E-state index contributed by atoms with van der Waals surface area (Å²) in [7, 11) is 0. The first-order valence-corrected chi connectivity index (χ1v) is 10.6. The van der Waals surface area contributed by atoms with Gasteiger partial charge in [-0.2, -0.15) is 5.10 Å². The number of carbonyl (C=O) groups is 2. The van der Waals surface area contributed by atoms with Crippen molar-refractivity contribution in [3.05, 3.63) is 77.4 Å². The van der Waals surface area contributed by atoms with Crippen LogP contribution in [-0.2, 0) is 11.2 Å². The number of hydrogen-bond acceptors (Lipinski definition) is 5. The van der Waals surface area contributed by atoms with E-state index in [2.05, 4.69) is 25.8 Å². The molecule has 31 heavy (non-hydrogen) atoms. The zero-order valence-electron chi connectivity index (χ0n) is 17.8. The fourth-order valence-corrected chi connectivity index (χ4v) is 3.92. The molecule has 3 aromatic rings. The molecule has 0 radical (unpaired) electrons. The van der Waals surface area contributed by atoms with Gasteiger partial charge >= 0.3 is 0 Å². The Bertz CT molecular complexity index is 1050. The molecule has 4 rings (SSSR count). The van der Waals surface area contributed by atoms with Crippen LogP contribution >= 0.6 is 0 Å². The van der Waals surface area contributed by atoms with E-state index < -0.39 is 5.92 Å². The van der Waals surface area contributed by atoms with Gasteiger partial charge in [0.25, 0.3) is 0 Å². The molecule has 2 heterocycles. The zero-order chi connectivity index (χ0) is 21.8. The third-order valence-electron chi connectivity index (χ3n) is 5.71. The molecule has 2 aromatic carbocycles. The molecule has 0 aliphatic carbocycles. The van der Waals surface area contributed by atoms with Gasteiger partial charge in [0.2, 0.25) is 5.91 Å². The van der Waals surface area contributed by atoms with Gasteiger partial charge in [0.05, 0.1) is 12.0 Å². The summed E-state index contributed by atoms with van der Waals surface area (Å²) in [6.07, 6.45) is 2.67. The Morgan fingerprint density at radius 3 is 2.52 bits per heavy atom. The van der Waals surface area contributed by atoms with Crippen LogP contribution in [-0.4, -0.2) is 39.0 Å². The molecule has 3 N–H and O–H groups in total. The van der Waals surface area contributed by atoms with Gasteiger partial charge in [-0.05, 0) is 50.8 Å². The van der Waals surface area contributed by atoms with Gasteiger partial charge in [0, 0.05) is 17.3 Å². The average Bonchev–Trinajstić information content (AvgIpc) is 3.44. The SMILES string of the molecule is Cc1nc(C(C)C(=O)Nc2ccc(C[C@@H]3CC[C@H](C(=O)c4ccccc4)N3)cc2)n[nH]1. The van der Waals surface area contributed by atoms with Gasteiger partial charge < -0.3 is 10.6 Å². The minimum atomic E-state index is -0.439. The van der Waals surface area contributed by atoms with Crippen molar-refractivity contribution < 1.29 is 9.59 Å². The van der Waals surface area contributed by atoms with Crippen LogP contribution < -0.4 is 10.6 Å². The van der Waals surface area contributed by atoms with Gasteiger partial charge in [-0.1, -0.05) is 42.5 Å². The fourth-order valence-electron chi connectivity index (χ4n) is 3.92. The number of nitrogens with zero attached hydrogens (tertiary/aromatic N) is 2. The highest BCUT2D eigenvalue weighted by molar-refractivity contribution is 6.00. The molecule has 0 saturated carbocycles. The van der Waals surface area contributed by atoms with Crippen LogP contribution in [0.5, 0.6) is 0 Å². The Kier molecular flexibility index (Phi) is 6.23. The van der Waals surface area contributed by atoms with E-state index in [0.29, 0.717) is 11.6 Å². The Hall–Kier alpha value is -3.32. The summed E-state index contributed by atoms with van der Waals surface area (Å²) in [5.74, 6) is 0.750. The lowest BCUT2D eigenvalue weighted by atomic mass is 10.0. The van der Waals surface area contributed by atoms with Crippen LogP contribution in [0.15, 0.2) is 54.6 Å². The minimum absolute atomic E-state index is 0.119. The van der Waals surface area contributed by atoms with Gasteiger partial charge in [0.1, 0.15) is 5.82 Å². The predicted molar refractivity (Wildman–Crippen MR) is 119 cm³/mol. The minimum Gasteiger partial charge on any atom is -0.325 e. The summed E-state index contributed by atoms with van der Waals surface area (Å²) in [5.41, 5.74) is 2.67. The van der Waals surface area contributed by atoms with Gasteiger partial charge in [-0.25, -0.2) is 4.98 Å². The number of rotatable bonds is 7. The fraction of sp³-hybridized carbons (Fsp3) is 0.333. The number of aromatic nitrogens is 3. The molecule has 1 unspecified atom stereocenters. The van der Waals surface area contributed by atoms with Crippen LogP contribution in [0.1, 0.15) is 53.3 Å². The van der Waals surface area contributed by atoms with Gasteiger partial charge in [-0.15, -0.1) is 0 Å². The lowest BCUT2D eigenvalue weighted by molar-refractivity contribution is -0.117. The van der Waals surface area contributed by atoms with Crippen LogP contribution in [0.3, 0.4) is 0 Å². The molecule has 1 aromatic heterocycles. The number of nitrogens with one attached hydrogen (secondary N) is 3. The summed E-state index contributed by atoms with van der Waals surface area (Å²) in [5, 5.41) is 13.2. The second-order valence-electron chi connectivity index (χ2n) is 8.11. The summed E-state index contributed by atoms with van der Waals surface area (Å²) in [4.78, 5) is 29.3. The predicted octanol–water partition coefficient (Wildman–Crippen LogP) is 3.40. The highest BCUT2D eigenvalue weighted by Crippen LogP contribution is 2.21. The maximum absolute atomic E-state index is 12.6. The largest absolute Gasteiger partial charge is 0.325 e. The third-order valence-corrected chi connectivity index (χ3v) is 5.71. The number of amides is 1. The van der Waals surface area contributed by atoms with E-state index in [1.165, 1.54) is 5.56 Å². The molecule has 1 aliphatic rings. The first-order chi connectivity index (χ1) is 15.0. The topological polar surface area (TPSA) is 99.8 Å². The Balaban J connectivity index is 1.30. The molecule has 1 fully saturated rings. The lowest BCUT2D eigenvalue weighted by Crippen LogP contribution is -2.36. The number of ketones is 1. The smallest absolute Gasteiger partial charge is 0.234 e. The monoisotopic (exact) mass is 417 g/mol. The number of benzene rings is 2. The standard InChI is InChI=1S/C24H27N5O2/c1-15(23-25-16(2)28-29-23)24(31)27-19-10-8-17(9-11-19)14-20-12-13-21(26-20)22(30)18-6-4-3-5-7-18/h3-11,15,20-21,26H,12-14H2,1-2H3,(H,27,31)(H,25,28,29)/t15?,20-,21+/m0/s1. The molecule has 160 valence electrons. The van der Waals surface area contributed by atoms with Crippen LogP contribution in [0.4, 0.5) is 5.69 Å². The van der Waals surface area contributed by atoms with Crippen LogP contribution in [0.25, 0.3) is 0 Å². The number of hydrogen-bond donors (Lipinski definition) is 3. The summed E-state index contributed by atoms with van der Waals surface area (Å²) in [6, 6.07) is 17.5. The third kappa shape index (κ3) is 5.06. The molecule has 7 heteroatoms. The number of aryl methyl sites for hydroxylation is 1. The average molecular weight is 418 g/mol. The van der Waals surface area contributed by atoms with E-state index >= 15 is 0 Å². The van der Waals surface area contributed by atoms with Gasteiger partial charge in [-0.3, -0.25) is 14.7 Å². The number of carbonyl (C=O) groups excluding carboxylic acids is 2. The normalized spacial score (nSPS) is 19.2. The molecule has 1 amide bonds. The number of anilines is 1. The van der Waals surface area contributed by atoms with E-state index in [1.807, 2.05) is 54.6 Å². The van der Waals surface area contributed by atoms with Crippen molar-refractivity contribution in [1.82, 2.24) is 20.5 Å². The molecule has 1 saturated heterocycles. The first-order valence-electron chi connectivity index (χ1n) is 10.6. The Morgan fingerprint density at radius 1 is 1.10 bits per heavy atom. The van der Waals surface area contributed by atoms with E-state index in [-0.39, 0.29) is 23.8 Å². The molecular weight excluding hydrogens is 390 g/mol. The summed E-state index contributed by atoms with van der Waals surface area (Å²) >= 11 is 0. The maximum atomic E-state index is 12.6. The summed E-state index contributed by atoms with van der Waals surface area (Å²) < 4.78 is 0. The zero-order valence-corrected chi connectivity index (χ0v) is 17.8. The van der Waals surface area contributed by atoms with Crippen LogP contribution in [0.2, 0.25) is 0 Å². The van der Waals surface area contributed by atoms with Crippen LogP contribution in [0, 0.1) is 6.92 Å². The quantitative estimate of drug-likeness (QED) is 0.512. The Labute approximate surface area is 181 Å². The molecule has 0 bridgehead atoms. The summed E-state index contributed by atoms with van der Waals surface area (Å²) in [6.45, 7) is 3.59. The molecule has 1 aliphatic heterocycles. The van der Waals surface area contributed by atoms with Crippen molar-refractivity contribution >= 4 is 17.4 Å². The van der Waals surface area contributed by atoms with Crippen molar-refractivity contribution in [1.29, 1.82) is 0 Å². The van der Waals surface area contributed by atoms with E-state index in [1.54, 1.807) is 13.8 Å². The van der Waals surface area contributed by atoms with E-state index in [0.717, 1.165) is 30.5 Å². The highest BCUT2D eigenvalue weighted by Gasteiger charge is 2.29. The Morgan fingerprint density at radius 2 is 1.84 bits per heavy atom. The van der Waals surface area contributed by atoms with E-state index in [9.17, 15) is 9.59 Å². The lowest BCUT2D eigenvalue weighted by Gasteiger charge is -2.14. The first kappa shape index (κ1) is 20.9. The van der Waals surface area contributed by atoms with Crippen molar-refractivity contribution in [2.45, 2.75) is 51.1 Å². The number of aromatic amines is 1. The molecule has 7 nitrogen and oxygen atoms in total.